The number of aromatic nitrogens is 2. The highest BCUT2D eigenvalue weighted by molar-refractivity contribution is 5.78. The Hall–Kier alpha value is -1.85. The van der Waals surface area contributed by atoms with E-state index in [9.17, 15) is 9.90 Å². The van der Waals surface area contributed by atoms with Gasteiger partial charge in [-0.25, -0.2) is 14.8 Å². The second-order valence-electron chi connectivity index (χ2n) is 5.01. The number of carbonyl (C=O) groups is 1. The monoisotopic (exact) mass is 265 g/mol. The number of carboxylic acids is 1. The first-order valence-electron chi connectivity index (χ1n) is 6.39. The van der Waals surface area contributed by atoms with Crippen LogP contribution >= 0.6 is 0 Å². The van der Waals surface area contributed by atoms with Crippen LogP contribution in [0.4, 0.5) is 5.82 Å². The maximum Gasteiger partial charge on any atom is 0.326 e. The fourth-order valence-electron chi connectivity index (χ4n) is 2.55. The van der Waals surface area contributed by atoms with Crippen LogP contribution in [0, 0.1) is 12.8 Å². The number of nitrogens with zero attached hydrogens (tertiary/aromatic N) is 3. The summed E-state index contributed by atoms with van der Waals surface area (Å²) in [6.45, 7) is 4.63. The van der Waals surface area contributed by atoms with Gasteiger partial charge in [0.2, 0.25) is 5.88 Å². The fraction of sp³-hybridized carbons (Fsp3) is 0.615. The zero-order chi connectivity index (χ0) is 14.0. The summed E-state index contributed by atoms with van der Waals surface area (Å²) < 4.78 is 5.17. The van der Waals surface area contributed by atoms with Crippen molar-refractivity contribution >= 4 is 11.8 Å². The summed E-state index contributed by atoms with van der Waals surface area (Å²) in [5, 5.41) is 9.39. The molecule has 0 saturated carbocycles. The molecule has 1 aliphatic rings. The average molecular weight is 265 g/mol. The number of aliphatic carboxylic acids is 1. The lowest BCUT2D eigenvalue weighted by molar-refractivity contribution is -0.139. The Morgan fingerprint density at radius 2 is 2.26 bits per heavy atom. The Kier molecular flexibility index (Phi) is 3.87. The van der Waals surface area contributed by atoms with E-state index in [0.29, 0.717) is 30.6 Å². The van der Waals surface area contributed by atoms with E-state index in [1.54, 1.807) is 7.11 Å². The molecule has 0 spiro atoms. The number of ether oxygens (including phenoxy) is 1. The Morgan fingerprint density at radius 3 is 2.89 bits per heavy atom. The number of hydrogen-bond acceptors (Lipinski definition) is 5. The Labute approximate surface area is 112 Å². The second kappa shape index (κ2) is 5.42. The van der Waals surface area contributed by atoms with Crippen molar-refractivity contribution in [1.82, 2.24) is 9.97 Å². The zero-order valence-electron chi connectivity index (χ0n) is 11.5. The van der Waals surface area contributed by atoms with Crippen LogP contribution in [0.25, 0.3) is 0 Å². The number of methoxy groups -OCH3 is 1. The van der Waals surface area contributed by atoms with Gasteiger partial charge in [-0.2, -0.15) is 0 Å². The summed E-state index contributed by atoms with van der Waals surface area (Å²) in [5.41, 5.74) is 0.783. The molecule has 0 bridgehead atoms. The normalized spacial score (nSPS) is 23.2. The van der Waals surface area contributed by atoms with Gasteiger partial charge >= 0.3 is 5.97 Å². The SMILES string of the molecule is COc1ncnc(N2CCC(C)CC2C(=O)O)c1C. The predicted octanol–water partition coefficient (Wildman–Crippen LogP) is 1.48. The van der Waals surface area contributed by atoms with Gasteiger partial charge in [-0.05, 0) is 25.7 Å². The van der Waals surface area contributed by atoms with Crippen LogP contribution in [0.1, 0.15) is 25.3 Å². The van der Waals surface area contributed by atoms with Gasteiger partial charge in [0.1, 0.15) is 18.2 Å². The molecule has 1 saturated heterocycles. The van der Waals surface area contributed by atoms with E-state index in [0.717, 1.165) is 12.0 Å². The van der Waals surface area contributed by atoms with Crippen LogP contribution in [-0.2, 0) is 4.79 Å². The van der Waals surface area contributed by atoms with E-state index < -0.39 is 12.0 Å². The van der Waals surface area contributed by atoms with Crippen LogP contribution in [-0.4, -0.2) is 40.7 Å². The van der Waals surface area contributed by atoms with E-state index in [-0.39, 0.29) is 0 Å². The van der Waals surface area contributed by atoms with Crippen molar-refractivity contribution < 1.29 is 14.6 Å². The van der Waals surface area contributed by atoms with Crippen LogP contribution < -0.4 is 9.64 Å². The molecule has 2 unspecified atom stereocenters. The third-order valence-electron chi connectivity index (χ3n) is 3.63. The van der Waals surface area contributed by atoms with Gasteiger partial charge in [0.25, 0.3) is 0 Å². The molecule has 2 rings (SSSR count). The van der Waals surface area contributed by atoms with Gasteiger partial charge in [0.15, 0.2) is 0 Å². The number of rotatable bonds is 3. The molecule has 1 N–H and O–H groups in total. The summed E-state index contributed by atoms with van der Waals surface area (Å²) in [4.78, 5) is 21.6. The number of carboxylic acid groups (broad SMARTS) is 1. The van der Waals surface area contributed by atoms with Crippen LogP contribution in [0.5, 0.6) is 5.88 Å². The third-order valence-corrected chi connectivity index (χ3v) is 3.63. The lowest BCUT2D eigenvalue weighted by Gasteiger charge is -2.37. The van der Waals surface area contributed by atoms with Gasteiger partial charge < -0.3 is 14.7 Å². The Bertz CT molecular complexity index is 478. The molecular formula is C13H19N3O3. The van der Waals surface area contributed by atoms with Crippen molar-refractivity contribution in [2.75, 3.05) is 18.6 Å². The topological polar surface area (TPSA) is 75.6 Å². The Morgan fingerprint density at radius 1 is 1.53 bits per heavy atom. The molecule has 19 heavy (non-hydrogen) atoms. The molecule has 0 radical (unpaired) electrons. The molecule has 6 heteroatoms. The van der Waals surface area contributed by atoms with Crippen LogP contribution in [0.3, 0.4) is 0 Å². The number of hydrogen-bond donors (Lipinski definition) is 1. The van der Waals surface area contributed by atoms with Crippen molar-refractivity contribution in [3.8, 4) is 5.88 Å². The lowest BCUT2D eigenvalue weighted by Crippen LogP contribution is -2.47. The van der Waals surface area contributed by atoms with Crippen molar-refractivity contribution in [2.24, 2.45) is 5.92 Å². The average Bonchev–Trinajstić information content (AvgIpc) is 2.39. The minimum Gasteiger partial charge on any atom is -0.481 e. The van der Waals surface area contributed by atoms with E-state index >= 15 is 0 Å². The summed E-state index contributed by atoms with van der Waals surface area (Å²) in [5.74, 6) is 0.767. The summed E-state index contributed by atoms with van der Waals surface area (Å²) in [6, 6.07) is -0.526. The fourth-order valence-corrected chi connectivity index (χ4v) is 2.55. The quantitative estimate of drug-likeness (QED) is 0.892. The minimum atomic E-state index is -0.802. The molecule has 1 fully saturated rings. The second-order valence-corrected chi connectivity index (χ2v) is 5.01. The van der Waals surface area contributed by atoms with E-state index in [1.165, 1.54) is 6.33 Å². The third kappa shape index (κ3) is 2.62. The molecule has 1 aromatic rings. The molecule has 0 aromatic carbocycles. The van der Waals surface area contributed by atoms with Gasteiger partial charge in [-0.3, -0.25) is 0 Å². The first-order chi connectivity index (χ1) is 9.04. The van der Waals surface area contributed by atoms with Crippen molar-refractivity contribution in [2.45, 2.75) is 32.7 Å². The maximum atomic E-state index is 11.4. The molecule has 0 amide bonds. The summed E-state index contributed by atoms with van der Waals surface area (Å²) >= 11 is 0. The van der Waals surface area contributed by atoms with Crippen molar-refractivity contribution in [3.05, 3.63) is 11.9 Å². The highest BCUT2D eigenvalue weighted by Gasteiger charge is 2.33. The van der Waals surface area contributed by atoms with Gasteiger partial charge in [0.05, 0.1) is 12.7 Å². The lowest BCUT2D eigenvalue weighted by atomic mass is 9.92. The number of anilines is 1. The molecule has 1 aliphatic heterocycles. The molecular weight excluding hydrogens is 246 g/mol. The molecule has 0 aliphatic carbocycles. The largest absolute Gasteiger partial charge is 0.481 e. The highest BCUT2D eigenvalue weighted by Crippen LogP contribution is 2.31. The van der Waals surface area contributed by atoms with E-state index in [2.05, 4.69) is 16.9 Å². The molecule has 1 aromatic heterocycles. The standard InChI is InChI=1S/C13H19N3O3/c1-8-4-5-16(10(6-8)13(17)18)11-9(2)12(19-3)15-7-14-11/h7-8,10H,4-6H2,1-3H3,(H,17,18). The Balaban J connectivity index is 2.36. The predicted molar refractivity (Wildman–Crippen MR) is 70.5 cm³/mol. The van der Waals surface area contributed by atoms with Crippen molar-refractivity contribution in [3.63, 3.8) is 0 Å². The van der Waals surface area contributed by atoms with E-state index in [1.807, 2.05) is 11.8 Å². The maximum absolute atomic E-state index is 11.4. The smallest absolute Gasteiger partial charge is 0.326 e. The van der Waals surface area contributed by atoms with Gasteiger partial charge in [0, 0.05) is 6.54 Å². The summed E-state index contributed by atoms with van der Waals surface area (Å²) in [6.07, 6.45) is 3.02. The molecule has 2 atom stereocenters. The first-order valence-corrected chi connectivity index (χ1v) is 6.39. The first kappa shape index (κ1) is 13.6. The van der Waals surface area contributed by atoms with Gasteiger partial charge in [-0.1, -0.05) is 6.92 Å². The summed E-state index contributed by atoms with van der Waals surface area (Å²) in [7, 11) is 1.55. The van der Waals surface area contributed by atoms with Crippen molar-refractivity contribution in [1.29, 1.82) is 0 Å². The van der Waals surface area contributed by atoms with Gasteiger partial charge in [-0.15, -0.1) is 0 Å². The molecule has 2 heterocycles. The van der Waals surface area contributed by atoms with E-state index in [4.69, 9.17) is 4.74 Å². The van der Waals surface area contributed by atoms with Crippen LogP contribution in [0.15, 0.2) is 6.33 Å². The minimum absolute atomic E-state index is 0.418. The highest BCUT2D eigenvalue weighted by atomic mass is 16.5. The zero-order valence-corrected chi connectivity index (χ0v) is 11.5. The molecule has 104 valence electrons. The number of piperidine rings is 1. The molecule has 6 nitrogen and oxygen atoms in total. The van der Waals surface area contributed by atoms with Crippen LogP contribution in [0.2, 0.25) is 0 Å².